The number of benzene rings is 1. The third-order valence-electron chi connectivity index (χ3n) is 4.65. The summed E-state index contributed by atoms with van der Waals surface area (Å²) in [5, 5.41) is 5.56. The van der Waals surface area contributed by atoms with Gasteiger partial charge in [0.2, 0.25) is 5.91 Å². The van der Waals surface area contributed by atoms with Crippen LogP contribution in [0, 0.1) is 5.92 Å². The summed E-state index contributed by atoms with van der Waals surface area (Å²) >= 11 is 2.59. The molecule has 0 saturated carbocycles. The molecule has 1 aliphatic rings. The number of thiophene rings is 1. The van der Waals surface area contributed by atoms with Crippen molar-refractivity contribution in [3.05, 3.63) is 45.2 Å². The van der Waals surface area contributed by atoms with Crippen LogP contribution in [0.1, 0.15) is 12.8 Å². The van der Waals surface area contributed by atoms with Crippen LogP contribution in [0.5, 0.6) is 5.75 Å². The Bertz CT molecular complexity index is 1010. The summed E-state index contributed by atoms with van der Waals surface area (Å²) < 4.78 is 5.88. The molecule has 140 valence electrons. The molecule has 1 N–H and O–H groups in total. The Balaban J connectivity index is 1.47. The van der Waals surface area contributed by atoms with E-state index in [0.29, 0.717) is 16.4 Å². The molecule has 27 heavy (non-hydrogen) atoms. The van der Waals surface area contributed by atoms with E-state index in [1.54, 1.807) is 7.11 Å². The summed E-state index contributed by atoms with van der Waals surface area (Å²) in [5.74, 6) is 0.610. The molecule has 1 aliphatic heterocycles. The smallest absolute Gasteiger partial charge is 0.255 e. The fraction of sp³-hybridized carbons (Fsp3) is 0.316. The Morgan fingerprint density at radius 2 is 2.11 bits per heavy atom. The van der Waals surface area contributed by atoms with Gasteiger partial charge in [0.15, 0.2) is 5.13 Å². The maximum atomic E-state index is 12.7. The molecule has 0 bridgehead atoms. The second kappa shape index (κ2) is 7.66. The van der Waals surface area contributed by atoms with Crippen LogP contribution in [-0.2, 0) is 4.79 Å². The van der Waals surface area contributed by atoms with Gasteiger partial charge in [-0.25, -0.2) is 4.98 Å². The number of amides is 1. The lowest BCUT2D eigenvalue weighted by atomic mass is 9.97. The van der Waals surface area contributed by atoms with E-state index >= 15 is 0 Å². The SMILES string of the molecule is COc1ccc(NC(=O)[C@H]2CCCN(c3nc4ccsc4c(=O)s3)C2)cc1. The molecular weight excluding hydrogens is 382 g/mol. The van der Waals surface area contributed by atoms with Crippen molar-refractivity contribution in [2.24, 2.45) is 5.92 Å². The standard InChI is InChI=1S/C19H19N3O3S2/c1-25-14-6-4-13(5-7-14)20-17(23)12-3-2-9-22(11-12)19-21-15-8-10-26-16(15)18(24)27-19/h4-8,10,12H,2-3,9,11H2,1H3,(H,20,23)/t12-/m0/s1. The number of carbonyl (C=O) groups is 1. The summed E-state index contributed by atoms with van der Waals surface area (Å²) in [6.07, 6.45) is 1.72. The molecule has 1 aromatic carbocycles. The first-order valence-electron chi connectivity index (χ1n) is 8.72. The van der Waals surface area contributed by atoms with E-state index in [9.17, 15) is 9.59 Å². The van der Waals surface area contributed by atoms with Crippen LogP contribution < -0.4 is 19.7 Å². The normalized spacial score (nSPS) is 17.1. The van der Waals surface area contributed by atoms with Crippen LogP contribution in [0.25, 0.3) is 10.2 Å². The molecule has 3 aromatic rings. The molecule has 8 heteroatoms. The van der Waals surface area contributed by atoms with Crippen LogP contribution in [0.2, 0.25) is 0 Å². The van der Waals surface area contributed by atoms with Gasteiger partial charge in [-0.15, -0.1) is 11.3 Å². The Morgan fingerprint density at radius 1 is 1.30 bits per heavy atom. The Hall–Kier alpha value is -2.45. The minimum atomic E-state index is -0.136. The van der Waals surface area contributed by atoms with Crippen LogP contribution in [0.15, 0.2) is 40.5 Å². The number of methoxy groups -OCH3 is 1. The number of nitrogens with zero attached hydrogens (tertiary/aromatic N) is 2. The van der Waals surface area contributed by atoms with Crippen molar-refractivity contribution in [2.45, 2.75) is 12.8 Å². The first-order valence-corrected chi connectivity index (χ1v) is 10.4. The van der Waals surface area contributed by atoms with Gasteiger partial charge in [-0.2, -0.15) is 0 Å². The van der Waals surface area contributed by atoms with Gasteiger partial charge in [0, 0.05) is 18.8 Å². The molecule has 3 heterocycles. The van der Waals surface area contributed by atoms with Gasteiger partial charge in [0.25, 0.3) is 4.74 Å². The van der Waals surface area contributed by atoms with Crippen molar-refractivity contribution in [2.75, 3.05) is 30.4 Å². The summed E-state index contributed by atoms with van der Waals surface area (Å²) in [6, 6.07) is 9.17. The number of nitrogens with one attached hydrogen (secondary N) is 1. The molecule has 2 aromatic heterocycles. The molecule has 1 fully saturated rings. The minimum Gasteiger partial charge on any atom is -0.497 e. The summed E-state index contributed by atoms with van der Waals surface area (Å²) in [5.41, 5.74) is 1.49. The lowest BCUT2D eigenvalue weighted by Gasteiger charge is -2.32. The fourth-order valence-electron chi connectivity index (χ4n) is 3.22. The van der Waals surface area contributed by atoms with Crippen molar-refractivity contribution in [3.63, 3.8) is 0 Å². The largest absolute Gasteiger partial charge is 0.497 e. The highest BCUT2D eigenvalue weighted by atomic mass is 32.1. The average Bonchev–Trinajstić information content (AvgIpc) is 3.18. The molecular formula is C19H19N3O3S2. The lowest BCUT2D eigenvalue weighted by Crippen LogP contribution is -2.41. The summed E-state index contributed by atoms with van der Waals surface area (Å²) in [6.45, 7) is 1.38. The quantitative estimate of drug-likeness (QED) is 0.723. The summed E-state index contributed by atoms with van der Waals surface area (Å²) in [4.78, 5) is 31.7. The van der Waals surface area contributed by atoms with Crippen molar-refractivity contribution in [1.82, 2.24) is 4.98 Å². The lowest BCUT2D eigenvalue weighted by molar-refractivity contribution is -0.120. The first kappa shape index (κ1) is 17.9. The van der Waals surface area contributed by atoms with Crippen LogP contribution in [0.3, 0.4) is 0 Å². The van der Waals surface area contributed by atoms with E-state index < -0.39 is 0 Å². The number of ether oxygens (including phenoxy) is 1. The van der Waals surface area contributed by atoms with Crippen molar-refractivity contribution in [1.29, 1.82) is 0 Å². The molecule has 0 aliphatic carbocycles. The molecule has 0 unspecified atom stereocenters. The number of aromatic nitrogens is 1. The van der Waals surface area contributed by atoms with Crippen LogP contribution in [-0.4, -0.2) is 31.1 Å². The fourth-order valence-corrected chi connectivity index (χ4v) is 4.95. The average molecular weight is 402 g/mol. The second-order valence-electron chi connectivity index (χ2n) is 6.42. The predicted molar refractivity (Wildman–Crippen MR) is 110 cm³/mol. The maximum Gasteiger partial charge on any atom is 0.255 e. The Kier molecular flexibility index (Phi) is 5.09. The minimum absolute atomic E-state index is 0.00572. The van der Waals surface area contributed by atoms with Gasteiger partial charge >= 0.3 is 0 Å². The Morgan fingerprint density at radius 3 is 2.89 bits per heavy atom. The van der Waals surface area contributed by atoms with E-state index in [0.717, 1.165) is 47.7 Å². The maximum absolute atomic E-state index is 12.7. The van der Waals surface area contributed by atoms with E-state index in [2.05, 4.69) is 15.2 Å². The van der Waals surface area contributed by atoms with E-state index in [-0.39, 0.29) is 16.6 Å². The molecule has 4 rings (SSSR count). The van der Waals surface area contributed by atoms with Crippen LogP contribution in [0.4, 0.5) is 10.8 Å². The third-order valence-corrected chi connectivity index (χ3v) is 6.60. The zero-order valence-electron chi connectivity index (χ0n) is 14.8. The summed E-state index contributed by atoms with van der Waals surface area (Å²) in [7, 11) is 1.61. The van der Waals surface area contributed by atoms with Gasteiger partial charge in [0.05, 0.1) is 18.5 Å². The van der Waals surface area contributed by atoms with Crippen molar-refractivity contribution in [3.8, 4) is 5.75 Å². The molecule has 1 atom stereocenters. The van der Waals surface area contributed by atoms with Gasteiger partial charge in [-0.05, 0) is 48.6 Å². The molecule has 0 spiro atoms. The van der Waals surface area contributed by atoms with Gasteiger partial charge in [-0.3, -0.25) is 9.59 Å². The van der Waals surface area contributed by atoms with E-state index in [1.165, 1.54) is 11.3 Å². The Labute approximate surface area is 164 Å². The highest BCUT2D eigenvalue weighted by Gasteiger charge is 2.27. The first-order chi connectivity index (χ1) is 13.1. The number of fused-ring (bicyclic) bond motifs is 1. The number of carbonyl (C=O) groups excluding carboxylic acids is 1. The highest BCUT2D eigenvalue weighted by Crippen LogP contribution is 2.27. The number of piperidine rings is 1. The van der Waals surface area contributed by atoms with Gasteiger partial charge < -0.3 is 15.0 Å². The zero-order chi connectivity index (χ0) is 18.8. The zero-order valence-corrected chi connectivity index (χ0v) is 16.4. The topological polar surface area (TPSA) is 71.5 Å². The van der Waals surface area contributed by atoms with Gasteiger partial charge in [0.1, 0.15) is 10.4 Å². The van der Waals surface area contributed by atoms with Crippen molar-refractivity contribution < 1.29 is 9.53 Å². The molecule has 1 amide bonds. The number of hydrogen-bond donors (Lipinski definition) is 1. The predicted octanol–water partition coefficient (Wildman–Crippen LogP) is 3.58. The van der Waals surface area contributed by atoms with E-state index in [1.807, 2.05) is 35.7 Å². The second-order valence-corrected chi connectivity index (χ2v) is 8.28. The molecule has 0 radical (unpaired) electrons. The van der Waals surface area contributed by atoms with Crippen LogP contribution >= 0.6 is 22.7 Å². The monoisotopic (exact) mass is 401 g/mol. The third kappa shape index (κ3) is 3.81. The highest BCUT2D eigenvalue weighted by molar-refractivity contribution is 7.21. The van der Waals surface area contributed by atoms with E-state index in [4.69, 9.17) is 4.74 Å². The number of hydrogen-bond acceptors (Lipinski definition) is 7. The molecule has 6 nitrogen and oxygen atoms in total. The van der Waals surface area contributed by atoms with Crippen molar-refractivity contribution >= 4 is 49.6 Å². The number of rotatable bonds is 4. The van der Waals surface area contributed by atoms with Gasteiger partial charge in [-0.1, -0.05) is 11.3 Å². The molecule has 1 saturated heterocycles. The number of anilines is 2.